The number of hydrogen-bond acceptors (Lipinski definition) is 11. The van der Waals surface area contributed by atoms with Gasteiger partial charge in [-0.05, 0) is 56.4 Å². The molecular formula is C34H48N2O11. The molecular weight excluding hydrogens is 612 g/mol. The van der Waals surface area contributed by atoms with E-state index in [4.69, 9.17) is 14.2 Å². The van der Waals surface area contributed by atoms with E-state index in [0.29, 0.717) is 51.4 Å². The second-order valence-electron chi connectivity index (χ2n) is 14.2. The molecule has 47 heavy (non-hydrogen) atoms. The minimum atomic E-state index is -1.38. The number of amides is 1. The zero-order chi connectivity index (χ0) is 34.0. The lowest BCUT2D eigenvalue weighted by molar-refractivity contribution is -0.757. The Kier molecular flexibility index (Phi) is 10.6. The van der Waals surface area contributed by atoms with E-state index in [0.717, 1.165) is 12.0 Å². The highest BCUT2D eigenvalue weighted by molar-refractivity contribution is 5.94. The van der Waals surface area contributed by atoms with Crippen molar-refractivity contribution in [3.8, 4) is 0 Å². The number of nitrogens with zero attached hydrogens (tertiary/aromatic N) is 1. The molecule has 0 aromatic carbocycles. The summed E-state index contributed by atoms with van der Waals surface area (Å²) in [6, 6.07) is 0. The van der Waals surface area contributed by atoms with Crippen LogP contribution in [0.5, 0.6) is 0 Å². The summed E-state index contributed by atoms with van der Waals surface area (Å²) >= 11 is 0. The first-order chi connectivity index (χ1) is 22.4. The molecule has 0 aromatic rings. The van der Waals surface area contributed by atoms with E-state index >= 15 is 0 Å². The van der Waals surface area contributed by atoms with E-state index in [1.807, 2.05) is 19.9 Å². The zero-order valence-corrected chi connectivity index (χ0v) is 27.6. The van der Waals surface area contributed by atoms with Crippen LogP contribution in [0.15, 0.2) is 23.8 Å². The summed E-state index contributed by atoms with van der Waals surface area (Å²) in [4.78, 5) is 65.6. The van der Waals surface area contributed by atoms with Crippen molar-refractivity contribution in [3.05, 3.63) is 33.9 Å². The highest BCUT2D eigenvalue weighted by Crippen LogP contribution is 2.69. The number of nitrogens with one attached hydrogen (secondary N) is 1. The van der Waals surface area contributed by atoms with Crippen molar-refractivity contribution in [1.29, 1.82) is 0 Å². The molecule has 0 spiro atoms. The second kappa shape index (κ2) is 14.1. The van der Waals surface area contributed by atoms with Crippen molar-refractivity contribution in [2.45, 2.75) is 115 Å². The molecule has 5 rings (SSSR count). The van der Waals surface area contributed by atoms with Crippen LogP contribution in [0.1, 0.15) is 91.4 Å². The van der Waals surface area contributed by atoms with Crippen LogP contribution in [0.2, 0.25) is 0 Å². The van der Waals surface area contributed by atoms with Crippen molar-refractivity contribution >= 4 is 23.4 Å². The number of hydrogen-bond donors (Lipinski definition) is 2. The van der Waals surface area contributed by atoms with Gasteiger partial charge in [-0.2, -0.15) is 0 Å². The summed E-state index contributed by atoms with van der Waals surface area (Å²) < 4.78 is 18.4. The molecule has 0 radical (unpaired) electrons. The molecule has 5 aliphatic rings. The Bertz CT molecular complexity index is 1310. The molecule has 1 saturated heterocycles. The van der Waals surface area contributed by atoms with Gasteiger partial charge >= 0.3 is 5.97 Å². The van der Waals surface area contributed by atoms with E-state index in [-0.39, 0.29) is 61.2 Å². The summed E-state index contributed by atoms with van der Waals surface area (Å²) in [5.74, 6) is -1.26. The van der Waals surface area contributed by atoms with E-state index in [1.165, 1.54) is 0 Å². The predicted molar refractivity (Wildman–Crippen MR) is 166 cm³/mol. The summed E-state index contributed by atoms with van der Waals surface area (Å²) in [5.41, 5.74) is -1.55. The Hall–Kier alpha value is -3.16. The Morgan fingerprint density at radius 1 is 1.19 bits per heavy atom. The van der Waals surface area contributed by atoms with E-state index < -0.39 is 52.6 Å². The maximum Gasteiger partial charge on any atom is 0.308 e. The third-order valence-corrected chi connectivity index (χ3v) is 11.4. The van der Waals surface area contributed by atoms with Crippen LogP contribution < -0.4 is 5.32 Å². The number of allylic oxidation sites excluding steroid dienone is 4. The van der Waals surface area contributed by atoms with Gasteiger partial charge in [-0.3, -0.25) is 19.2 Å². The maximum absolute atomic E-state index is 14.2. The van der Waals surface area contributed by atoms with Gasteiger partial charge in [0.25, 0.3) is 5.09 Å². The molecule has 13 heteroatoms. The van der Waals surface area contributed by atoms with Gasteiger partial charge in [-0.15, -0.1) is 10.1 Å². The third-order valence-electron chi connectivity index (χ3n) is 11.4. The van der Waals surface area contributed by atoms with Crippen LogP contribution in [0.25, 0.3) is 0 Å². The molecule has 0 bridgehead atoms. The minimum absolute atomic E-state index is 0.000383. The molecule has 4 aliphatic carbocycles. The van der Waals surface area contributed by atoms with E-state index in [2.05, 4.69) is 23.2 Å². The molecule has 1 heterocycles. The molecule has 260 valence electrons. The topological polar surface area (TPSA) is 181 Å². The standard InChI is InChI=1S/C34H48N2O11/c1-4-8-30-46-27-18-24-23-11-10-21-17-22(37)12-14-32(21,2)31(23)25(38)19-33(24,3)34(27,47-30)26(39)20-44-29(41)13-15-35-28(40)9-6-5-7-16-45-36(42)43/h10,12,14,23-25,27,30-31,38H,4-9,11,13,15-20H2,1-3H3,(H,35,40)/t23-,24-,25-,27+,30?,31+,32-,33-,34?/m0/s1. The van der Waals surface area contributed by atoms with Crippen molar-refractivity contribution in [3.63, 3.8) is 0 Å². The van der Waals surface area contributed by atoms with Crippen molar-refractivity contribution in [2.24, 2.45) is 28.6 Å². The van der Waals surface area contributed by atoms with Crippen LogP contribution in [-0.4, -0.2) is 77.5 Å². The quantitative estimate of drug-likeness (QED) is 0.0862. The number of esters is 1. The van der Waals surface area contributed by atoms with Crippen molar-refractivity contribution in [1.82, 2.24) is 5.32 Å². The Morgan fingerprint density at radius 3 is 2.72 bits per heavy atom. The number of unbranched alkanes of at least 4 members (excludes halogenated alkanes) is 2. The first-order valence-corrected chi connectivity index (χ1v) is 17.0. The van der Waals surface area contributed by atoms with Gasteiger partial charge in [0.2, 0.25) is 11.7 Å². The van der Waals surface area contributed by atoms with Gasteiger partial charge in [0, 0.05) is 36.1 Å². The Morgan fingerprint density at radius 2 is 1.98 bits per heavy atom. The molecule has 2 unspecified atom stereocenters. The lowest BCUT2D eigenvalue weighted by Gasteiger charge is -2.59. The SMILES string of the molecule is CCCC1O[C@@H]2C[C@H]3[C@@H]4CC=C5CC(=O)C=C[C@]5(C)[C@H]4[C@@H](O)C[C@]3(C)C2(C(=O)COC(=O)CCNC(=O)CCCCCO[N+](=O)[O-])O1. The zero-order valence-electron chi connectivity index (χ0n) is 27.6. The van der Waals surface area contributed by atoms with Crippen molar-refractivity contribution in [2.75, 3.05) is 19.8 Å². The normalized spacial score (nSPS) is 36.8. The highest BCUT2D eigenvalue weighted by Gasteiger charge is 2.75. The average molecular weight is 661 g/mol. The van der Waals surface area contributed by atoms with Crippen molar-refractivity contribution < 1.29 is 48.4 Å². The number of ether oxygens (including phenoxy) is 3. The van der Waals surface area contributed by atoms with Crippen LogP contribution in [0.4, 0.5) is 0 Å². The largest absolute Gasteiger partial charge is 0.457 e. The number of carbonyl (C=O) groups is 4. The number of rotatable bonds is 15. The summed E-state index contributed by atoms with van der Waals surface area (Å²) in [5, 5.41) is 23.8. The van der Waals surface area contributed by atoms with Gasteiger partial charge in [-0.25, -0.2) is 0 Å². The van der Waals surface area contributed by atoms with Gasteiger partial charge in [0.15, 0.2) is 24.3 Å². The fourth-order valence-electron chi connectivity index (χ4n) is 9.34. The van der Waals surface area contributed by atoms with Gasteiger partial charge in [0.1, 0.15) is 0 Å². The first kappa shape index (κ1) is 35.2. The second-order valence-corrected chi connectivity index (χ2v) is 14.2. The third kappa shape index (κ3) is 6.63. The van der Waals surface area contributed by atoms with E-state index in [1.54, 1.807) is 6.08 Å². The fraction of sp³-hybridized carbons (Fsp3) is 0.765. The number of carbonyl (C=O) groups excluding carboxylic acids is 4. The van der Waals surface area contributed by atoms with E-state index in [9.17, 15) is 34.4 Å². The Balaban J connectivity index is 1.21. The molecule has 3 fully saturated rings. The van der Waals surface area contributed by atoms with Crippen LogP contribution in [0, 0.1) is 38.7 Å². The average Bonchev–Trinajstić information content (AvgIpc) is 3.49. The molecule has 13 nitrogen and oxygen atoms in total. The number of aliphatic hydroxyl groups excluding tert-OH is 1. The Labute approximate surface area is 274 Å². The first-order valence-electron chi connectivity index (χ1n) is 17.0. The minimum Gasteiger partial charge on any atom is -0.457 e. The molecule has 0 aromatic heterocycles. The van der Waals surface area contributed by atoms with Crippen LogP contribution in [0.3, 0.4) is 0 Å². The van der Waals surface area contributed by atoms with Gasteiger partial charge in [0.05, 0.1) is 25.2 Å². The summed E-state index contributed by atoms with van der Waals surface area (Å²) in [6.07, 6.45) is 8.91. The monoisotopic (exact) mass is 660 g/mol. The molecule has 1 aliphatic heterocycles. The van der Waals surface area contributed by atoms with Gasteiger partial charge in [-0.1, -0.05) is 51.3 Å². The molecule has 1 amide bonds. The lowest BCUT2D eigenvalue weighted by atomic mass is 9.47. The molecule has 2 N–H and O–H groups in total. The van der Waals surface area contributed by atoms with Crippen LogP contribution in [-0.2, 0) is 38.2 Å². The summed E-state index contributed by atoms with van der Waals surface area (Å²) in [7, 11) is 0. The number of ketones is 2. The fourth-order valence-corrected chi connectivity index (χ4v) is 9.34. The molecule has 2 saturated carbocycles. The smallest absolute Gasteiger partial charge is 0.308 e. The maximum atomic E-state index is 14.2. The van der Waals surface area contributed by atoms with Gasteiger partial charge < -0.3 is 29.5 Å². The number of fused-ring (bicyclic) bond motifs is 7. The number of aliphatic hydroxyl groups is 1. The predicted octanol–water partition coefficient (Wildman–Crippen LogP) is 3.54. The summed E-state index contributed by atoms with van der Waals surface area (Å²) in [6.45, 7) is 5.66. The molecule has 9 atom stereocenters. The highest BCUT2D eigenvalue weighted by atomic mass is 16.9. The number of Topliss-reactive ketones (excluding diaryl/α,β-unsaturated/α-hetero) is 1. The van der Waals surface area contributed by atoms with Crippen LogP contribution >= 0.6 is 0 Å². The lowest BCUT2D eigenvalue weighted by Crippen LogP contribution is -2.63.